The number of imidazole rings is 1. The quantitative estimate of drug-likeness (QED) is 0.885. The van der Waals surface area contributed by atoms with Crippen molar-refractivity contribution in [2.24, 2.45) is 0 Å². The Hall–Kier alpha value is -2.04. The van der Waals surface area contributed by atoms with Crippen molar-refractivity contribution in [3.05, 3.63) is 24.3 Å². The van der Waals surface area contributed by atoms with E-state index in [1.165, 1.54) is 0 Å². The molecule has 0 radical (unpaired) electrons. The van der Waals surface area contributed by atoms with Crippen molar-refractivity contribution >= 4 is 22.9 Å². The Morgan fingerprint density at radius 3 is 2.84 bits per heavy atom. The fraction of sp³-hybridized carbons (Fsp3) is 0.429. The summed E-state index contributed by atoms with van der Waals surface area (Å²) >= 11 is 0. The van der Waals surface area contributed by atoms with Crippen LogP contribution < -0.4 is 5.32 Å². The largest absolute Gasteiger partial charge is 0.344 e. The van der Waals surface area contributed by atoms with Gasteiger partial charge in [0.25, 0.3) is 0 Å². The number of rotatable bonds is 3. The molecule has 2 heterocycles. The van der Waals surface area contributed by atoms with Gasteiger partial charge in [0.2, 0.25) is 11.9 Å². The van der Waals surface area contributed by atoms with Gasteiger partial charge in [0.15, 0.2) is 0 Å². The summed E-state index contributed by atoms with van der Waals surface area (Å²) in [7, 11) is 0. The maximum Gasteiger partial charge on any atom is 0.244 e. The molecule has 1 aromatic heterocycles. The molecule has 2 aromatic rings. The minimum Gasteiger partial charge on any atom is -0.344 e. The molecule has 1 aliphatic heterocycles. The molecule has 2 N–H and O–H groups in total. The monoisotopic (exact) mass is 258 g/mol. The van der Waals surface area contributed by atoms with Gasteiger partial charge in [-0.2, -0.15) is 0 Å². The molecule has 0 aliphatic carbocycles. The maximum atomic E-state index is 12.2. The lowest BCUT2D eigenvalue weighted by molar-refractivity contribution is -0.130. The van der Waals surface area contributed by atoms with E-state index in [2.05, 4.69) is 15.3 Å². The molecule has 5 heteroatoms. The second kappa shape index (κ2) is 4.91. The lowest BCUT2D eigenvalue weighted by Crippen LogP contribution is -2.39. The van der Waals surface area contributed by atoms with E-state index in [1.54, 1.807) is 0 Å². The van der Waals surface area contributed by atoms with Crippen LogP contribution in [0.3, 0.4) is 0 Å². The summed E-state index contributed by atoms with van der Waals surface area (Å²) < 4.78 is 0. The molecule has 3 rings (SSSR count). The molecule has 1 aromatic carbocycles. The summed E-state index contributed by atoms with van der Waals surface area (Å²) in [6, 6.07) is 7.58. The number of hydrogen-bond acceptors (Lipinski definition) is 3. The van der Waals surface area contributed by atoms with Crippen molar-refractivity contribution in [3.8, 4) is 0 Å². The number of H-pyrrole nitrogens is 1. The Bertz CT molecular complexity index is 553. The zero-order chi connectivity index (χ0) is 13.2. The molecular weight excluding hydrogens is 240 g/mol. The van der Waals surface area contributed by atoms with Crippen LogP contribution in [0.1, 0.15) is 19.8 Å². The summed E-state index contributed by atoms with van der Waals surface area (Å²) in [6.45, 7) is 3.64. The van der Waals surface area contributed by atoms with E-state index in [9.17, 15) is 4.79 Å². The van der Waals surface area contributed by atoms with Gasteiger partial charge in [-0.25, -0.2) is 4.98 Å². The van der Waals surface area contributed by atoms with Gasteiger partial charge in [0, 0.05) is 13.1 Å². The first kappa shape index (κ1) is 12.0. The maximum absolute atomic E-state index is 12.2. The first-order valence-corrected chi connectivity index (χ1v) is 6.74. The number of nitrogens with zero attached hydrogens (tertiary/aromatic N) is 2. The van der Waals surface area contributed by atoms with Gasteiger partial charge in [-0.15, -0.1) is 0 Å². The van der Waals surface area contributed by atoms with Gasteiger partial charge in [-0.1, -0.05) is 12.1 Å². The predicted molar refractivity (Wildman–Crippen MR) is 75.0 cm³/mol. The van der Waals surface area contributed by atoms with Crippen LogP contribution in [0.25, 0.3) is 11.0 Å². The molecule has 1 saturated heterocycles. The zero-order valence-corrected chi connectivity index (χ0v) is 11.0. The molecule has 1 atom stereocenters. The van der Waals surface area contributed by atoms with Crippen molar-refractivity contribution in [3.63, 3.8) is 0 Å². The normalized spacial score (nSPS) is 16.8. The molecule has 0 saturated carbocycles. The van der Waals surface area contributed by atoms with E-state index < -0.39 is 0 Å². The highest BCUT2D eigenvalue weighted by atomic mass is 16.2. The van der Waals surface area contributed by atoms with Gasteiger partial charge in [0.1, 0.15) is 6.04 Å². The molecule has 5 nitrogen and oxygen atoms in total. The molecular formula is C14H18N4O. The lowest BCUT2D eigenvalue weighted by Gasteiger charge is -2.20. The first-order valence-electron chi connectivity index (χ1n) is 6.74. The second-order valence-corrected chi connectivity index (χ2v) is 5.00. The SMILES string of the molecule is CC(Nc1nc2ccccc2[nH]1)C(=O)N1CCCC1. The Morgan fingerprint density at radius 1 is 1.37 bits per heavy atom. The molecule has 19 heavy (non-hydrogen) atoms. The van der Waals surface area contributed by atoms with Crippen LogP contribution in [0.4, 0.5) is 5.95 Å². The Morgan fingerprint density at radius 2 is 2.11 bits per heavy atom. The summed E-state index contributed by atoms with van der Waals surface area (Å²) in [5.41, 5.74) is 1.89. The Kier molecular flexibility index (Phi) is 3.11. The van der Waals surface area contributed by atoms with Crippen LogP contribution in [-0.2, 0) is 4.79 Å². The predicted octanol–water partition coefficient (Wildman–Crippen LogP) is 1.99. The number of anilines is 1. The van der Waals surface area contributed by atoms with Crippen LogP contribution >= 0.6 is 0 Å². The molecule has 1 aliphatic rings. The van der Waals surface area contributed by atoms with Crippen molar-refractivity contribution in [1.82, 2.24) is 14.9 Å². The fourth-order valence-electron chi connectivity index (χ4n) is 2.50. The fourth-order valence-corrected chi connectivity index (χ4v) is 2.50. The Balaban J connectivity index is 1.71. The highest BCUT2D eigenvalue weighted by molar-refractivity contribution is 5.85. The van der Waals surface area contributed by atoms with Crippen molar-refractivity contribution < 1.29 is 4.79 Å². The number of fused-ring (bicyclic) bond motifs is 1. The number of likely N-dealkylation sites (tertiary alicyclic amines) is 1. The topological polar surface area (TPSA) is 61.0 Å². The number of carbonyl (C=O) groups excluding carboxylic acids is 1. The first-order chi connectivity index (χ1) is 9.24. The van der Waals surface area contributed by atoms with Gasteiger partial charge in [0.05, 0.1) is 11.0 Å². The van der Waals surface area contributed by atoms with E-state index in [-0.39, 0.29) is 11.9 Å². The van der Waals surface area contributed by atoms with Gasteiger partial charge in [-0.05, 0) is 31.9 Å². The van der Waals surface area contributed by atoms with Crippen LogP contribution in [0.15, 0.2) is 24.3 Å². The van der Waals surface area contributed by atoms with Crippen LogP contribution in [0, 0.1) is 0 Å². The van der Waals surface area contributed by atoms with E-state index in [0.717, 1.165) is 37.0 Å². The number of hydrogen-bond donors (Lipinski definition) is 2. The number of carbonyl (C=O) groups is 1. The van der Waals surface area contributed by atoms with Crippen molar-refractivity contribution in [1.29, 1.82) is 0 Å². The van der Waals surface area contributed by atoms with Gasteiger partial charge >= 0.3 is 0 Å². The molecule has 1 fully saturated rings. The van der Waals surface area contributed by atoms with E-state index >= 15 is 0 Å². The van der Waals surface area contributed by atoms with E-state index in [1.807, 2.05) is 36.1 Å². The zero-order valence-electron chi connectivity index (χ0n) is 11.0. The average Bonchev–Trinajstić information content (AvgIpc) is 3.06. The number of benzene rings is 1. The van der Waals surface area contributed by atoms with Crippen LogP contribution in [0.5, 0.6) is 0 Å². The minimum absolute atomic E-state index is 0.151. The minimum atomic E-state index is -0.251. The lowest BCUT2D eigenvalue weighted by atomic mass is 10.3. The third-order valence-corrected chi connectivity index (χ3v) is 3.53. The molecule has 0 spiro atoms. The third kappa shape index (κ3) is 2.41. The average molecular weight is 258 g/mol. The van der Waals surface area contributed by atoms with Gasteiger partial charge < -0.3 is 15.2 Å². The van der Waals surface area contributed by atoms with Gasteiger partial charge in [-0.3, -0.25) is 4.79 Å². The summed E-state index contributed by atoms with van der Waals surface area (Å²) in [6.07, 6.45) is 2.23. The summed E-state index contributed by atoms with van der Waals surface area (Å²) in [5.74, 6) is 0.805. The Labute approximate surface area is 112 Å². The molecule has 100 valence electrons. The highest BCUT2D eigenvalue weighted by Gasteiger charge is 2.23. The third-order valence-electron chi connectivity index (χ3n) is 3.53. The van der Waals surface area contributed by atoms with E-state index in [0.29, 0.717) is 5.95 Å². The molecule has 1 unspecified atom stereocenters. The molecule has 0 bridgehead atoms. The number of para-hydroxylation sites is 2. The number of amides is 1. The number of aromatic nitrogens is 2. The number of aromatic amines is 1. The molecule has 1 amide bonds. The standard InChI is InChI=1S/C14H18N4O/c1-10(13(19)18-8-4-5-9-18)15-14-16-11-6-2-3-7-12(11)17-14/h2-3,6-7,10H,4-5,8-9H2,1H3,(H2,15,16,17). The van der Waals surface area contributed by atoms with E-state index in [4.69, 9.17) is 0 Å². The number of nitrogens with one attached hydrogen (secondary N) is 2. The summed E-state index contributed by atoms with van der Waals surface area (Å²) in [5, 5.41) is 3.15. The van der Waals surface area contributed by atoms with Crippen LogP contribution in [-0.4, -0.2) is 39.9 Å². The van der Waals surface area contributed by atoms with Crippen LogP contribution in [0.2, 0.25) is 0 Å². The highest BCUT2D eigenvalue weighted by Crippen LogP contribution is 2.15. The van der Waals surface area contributed by atoms with Crippen molar-refractivity contribution in [2.45, 2.75) is 25.8 Å². The second-order valence-electron chi connectivity index (χ2n) is 5.00. The van der Waals surface area contributed by atoms with Crippen molar-refractivity contribution in [2.75, 3.05) is 18.4 Å². The summed E-state index contributed by atoms with van der Waals surface area (Å²) in [4.78, 5) is 21.7. The smallest absolute Gasteiger partial charge is 0.244 e.